The van der Waals surface area contributed by atoms with E-state index >= 15 is 0 Å². The van der Waals surface area contributed by atoms with E-state index in [1.54, 1.807) is 0 Å². The fraction of sp³-hybridized carbons (Fsp3) is 0.929. The molecule has 1 fully saturated rings. The van der Waals surface area contributed by atoms with Crippen LogP contribution in [0.25, 0.3) is 0 Å². The van der Waals surface area contributed by atoms with E-state index in [0.29, 0.717) is 18.0 Å². The molecule has 112 valence electrons. The summed E-state index contributed by atoms with van der Waals surface area (Å²) in [7, 11) is 0. The number of carbonyl (C=O) groups is 1. The highest BCUT2D eigenvalue weighted by Gasteiger charge is 2.19. The van der Waals surface area contributed by atoms with Crippen LogP contribution in [0.15, 0.2) is 0 Å². The number of ether oxygens (including phenoxy) is 1. The molecule has 1 heterocycles. The highest BCUT2D eigenvalue weighted by Crippen LogP contribution is 2.03. The number of hydrogen-bond acceptors (Lipinski definition) is 4. The van der Waals surface area contributed by atoms with Gasteiger partial charge in [-0.3, -0.25) is 4.79 Å². The largest absolute Gasteiger partial charge is 0.379 e. The summed E-state index contributed by atoms with van der Waals surface area (Å²) in [6.45, 7) is 11.4. The predicted octanol–water partition coefficient (Wildman–Crippen LogP) is 0.504. The molecule has 1 saturated heterocycles. The van der Waals surface area contributed by atoms with Gasteiger partial charge in [-0.05, 0) is 26.2 Å². The van der Waals surface area contributed by atoms with Crippen molar-refractivity contribution in [3.8, 4) is 0 Å². The van der Waals surface area contributed by atoms with E-state index in [1.165, 1.54) is 0 Å². The first-order valence-electron chi connectivity index (χ1n) is 7.34. The molecular weight excluding hydrogens is 242 g/mol. The van der Waals surface area contributed by atoms with Crippen molar-refractivity contribution in [3.05, 3.63) is 0 Å². The van der Waals surface area contributed by atoms with E-state index in [9.17, 15) is 4.79 Å². The molecule has 1 amide bonds. The number of morpholine rings is 1. The van der Waals surface area contributed by atoms with Crippen molar-refractivity contribution < 1.29 is 9.53 Å². The summed E-state index contributed by atoms with van der Waals surface area (Å²) in [5.41, 5.74) is 0. The summed E-state index contributed by atoms with van der Waals surface area (Å²) >= 11 is 0. The maximum atomic E-state index is 11.9. The van der Waals surface area contributed by atoms with Crippen LogP contribution in [0.2, 0.25) is 0 Å². The molecule has 0 aromatic rings. The molecule has 3 N–H and O–H groups in total. The zero-order valence-electron chi connectivity index (χ0n) is 12.7. The van der Waals surface area contributed by atoms with Crippen LogP contribution in [0.5, 0.6) is 0 Å². The SMILES string of the molecule is CC(C)CNC(=O)C(C)NC(C)CC1COCCN1. The van der Waals surface area contributed by atoms with Crippen molar-refractivity contribution in [3.63, 3.8) is 0 Å². The molecule has 0 radical (unpaired) electrons. The Kier molecular flexibility index (Phi) is 7.34. The van der Waals surface area contributed by atoms with Gasteiger partial charge in [0.15, 0.2) is 0 Å². The number of carbonyl (C=O) groups excluding carboxylic acids is 1. The molecule has 3 atom stereocenters. The van der Waals surface area contributed by atoms with Crippen LogP contribution in [-0.2, 0) is 9.53 Å². The lowest BCUT2D eigenvalue weighted by atomic mass is 10.1. The predicted molar refractivity (Wildman–Crippen MR) is 77.1 cm³/mol. The van der Waals surface area contributed by atoms with E-state index < -0.39 is 0 Å². The van der Waals surface area contributed by atoms with Gasteiger partial charge >= 0.3 is 0 Å². The third-order valence-electron chi connectivity index (χ3n) is 3.25. The molecule has 0 aromatic heterocycles. The Morgan fingerprint density at radius 3 is 2.68 bits per heavy atom. The summed E-state index contributed by atoms with van der Waals surface area (Å²) < 4.78 is 5.43. The van der Waals surface area contributed by atoms with Crippen molar-refractivity contribution >= 4 is 5.91 Å². The van der Waals surface area contributed by atoms with Gasteiger partial charge in [0.1, 0.15) is 0 Å². The van der Waals surface area contributed by atoms with Crippen LogP contribution in [-0.4, -0.2) is 50.3 Å². The molecule has 1 aliphatic heterocycles. The third-order valence-corrected chi connectivity index (χ3v) is 3.25. The highest BCUT2D eigenvalue weighted by atomic mass is 16.5. The lowest BCUT2D eigenvalue weighted by molar-refractivity contribution is -0.123. The summed E-state index contributed by atoms with van der Waals surface area (Å²) in [6.07, 6.45) is 0.974. The molecular formula is C14H29N3O2. The van der Waals surface area contributed by atoms with E-state index in [0.717, 1.165) is 32.7 Å². The molecule has 1 aliphatic rings. The van der Waals surface area contributed by atoms with Crippen LogP contribution >= 0.6 is 0 Å². The van der Waals surface area contributed by atoms with Crippen molar-refractivity contribution in [2.24, 2.45) is 5.92 Å². The second kappa shape index (κ2) is 8.51. The van der Waals surface area contributed by atoms with E-state index in [2.05, 4.69) is 36.7 Å². The smallest absolute Gasteiger partial charge is 0.236 e. The number of amides is 1. The molecule has 0 saturated carbocycles. The molecule has 0 aliphatic carbocycles. The number of hydrogen-bond donors (Lipinski definition) is 3. The quantitative estimate of drug-likeness (QED) is 0.631. The van der Waals surface area contributed by atoms with Gasteiger partial charge in [0.05, 0.1) is 19.3 Å². The Hall–Kier alpha value is -0.650. The summed E-state index contributed by atoms with van der Waals surface area (Å²) in [5, 5.41) is 9.72. The summed E-state index contributed by atoms with van der Waals surface area (Å²) in [4.78, 5) is 11.9. The molecule has 1 rings (SSSR count). The molecule has 5 nitrogen and oxygen atoms in total. The monoisotopic (exact) mass is 271 g/mol. The zero-order valence-corrected chi connectivity index (χ0v) is 12.7. The first kappa shape index (κ1) is 16.4. The molecule has 0 bridgehead atoms. The Labute approximate surface area is 116 Å². The minimum Gasteiger partial charge on any atom is -0.379 e. The lowest BCUT2D eigenvalue weighted by Gasteiger charge is -2.28. The first-order valence-corrected chi connectivity index (χ1v) is 7.34. The second-order valence-electron chi connectivity index (χ2n) is 5.89. The van der Waals surface area contributed by atoms with E-state index in [4.69, 9.17) is 4.74 Å². The fourth-order valence-corrected chi connectivity index (χ4v) is 2.23. The third kappa shape index (κ3) is 6.89. The average Bonchev–Trinajstić information content (AvgIpc) is 2.36. The molecule has 0 aromatic carbocycles. The Morgan fingerprint density at radius 1 is 1.37 bits per heavy atom. The van der Waals surface area contributed by atoms with Crippen LogP contribution < -0.4 is 16.0 Å². The molecule has 3 unspecified atom stereocenters. The topological polar surface area (TPSA) is 62.4 Å². The molecule has 0 spiro atoms. The van der Waals surface area contributed by atoms with Gasteiger partial charge in [-0.1, -0.05) is 13.8 Å². The maximum Gasteiger partial charge on any atom is 0.236 e. The Balaban J connectivity index is 2.22. The minimum absolute atomic E-state index is 0.0772. The Morgan fingerprint density at radius 2 is 2.11 bits per heavy atom. The van der Waals surface area contributed by atoms with Crippen LogP contribution in [0.3, 0.4) is 0 Å². The zero-order chi connectivity index (χ0) is 14.3. The highest BCUT2D eigenvalue weighted by molar-refractivity contribution is 5.81. The van der Waals surface area contributed by atoms with Gasteiger partial charge in [0.2, 0.25) is 5.91 Å². The van der Waals surface area contributed by atoms with Gasteiger partial charge in [0.25, 0.3) is 0 Å². The molecule has 19 heavy (non-hydrogen) atoms. The maximum absolute atomic E-state index is 11.9. The number of rotatable bonds is 7. The van der Waals surface area contributed by atoms with Crippen LogP contribution in [0.4, 0.5) is 0 Å². The van der Waals surface area contributed by atoms with Gasteiger partial charge in [-0.25, -0.2) is 0 Å². The van der Waals surface area contributed by atoms with Crippen LogP contribution in [0.1, 0.15) is 34.1 Å². The minimum atomic E-state index is -0.154. The second-order valence-corrected chi connectivity index (χ2v) is 5.89. The standard InChI is InChI=1S/C14H29N3O2/c1-10(2)8-16-14(18)12(4)17-11(3)7-13-9-19-6-5-15-13/h10-13,15,17H,5-9H2,1-4H3,(H,16,18). The fourth-order valence-electron chi connectivity index (χ4n) is 2.23. The van der Waals surface area contributed by atoms with Crippen molar-refractivity contribution in [2.45, 2.75) is 52.2 Å². The van der Waals surface area contributed by atoms with E-state index in [1.807, 2.05) is 6.92 Å². The van der Waals surface area contributed by atoms with Gasteiger partial charge < -0.3 is 20.7 Å². The van der Waals surface area contributed by atoms with Crippen molar-refractivity contribution in [1.29, 1.82) is 0 Å². The number of nitrogens with one attached hydrogen (secondary N) is 3. The van der Waals surface area contributed by atoms with Crippen LogP contribution in [0, 0.1) is 5.92 Å². The molecule has 5 heteroatoms. The lowest BCUT2D eigenvalue weighted by Crippen LogP contribution is -2.50. The normalized spacial score (nSPS) is 23.1. The van der Waals surface area contributed by atoms with E-state index in [-0.39, 0.29) is 11.9 Å². The average molecular weight is 271 g/mol. The van der Waals surface area contributed by atoms with Gasteiger partial charge in [0, 0.05) is 25.2 Å². The van der Waals surface area contributed by atoms with Crippen molar-refractivity contribution in [1.82, 2.24) is 16.0 Å². The van der Waals surface area contributed by atoms with Crippen molar-refractivity contribution in [2.75, 3.05) is 26.3 Å². The first-order chi connectivity index (χ1) is 8.99. The summed E-state index contributed by atoms with van der Waals surface area (Å²) in [6, 6.07) is 0.527. The van der Waals surface area contributed by atoms with Gasteiger partial charge in [-0.15, -0.1) is 0 Å². The Bertz CT molecular complexity index is 265. The summed E-state index contributed by atoms with van der Waals surface area (Å²) in [5.74, 6) is 0.561. The van der Waals surface area contributed by atoms with Gasteiger partial charge in [-0.2, -0.15) is 0 Å².